The van der Waals surface area contributed by atoms with Crippen molar-refractivity contribution in [2.45, 2.75) is 33.5 Å². The number of benzene rings is 2. The largest absolute Gasteiger partial charge is 0.419 e. The third kappa shape index (κ3) is 3.69. The number of aromatic nitrogens is 3. The number of nitrogens with zero attached hydrogens (tertiary/aromatic N) is 3. The molecule has 0 unspecified atom stereocenters. The van der Waals surface area contributed by atoms with E-state index in [-0.39, 0.29) is 5.57 Å². The second-order valence-electron chi connectivity index (χ2n) is 7.36. The normalized spacial score (nSPS) is 15.8. The van der Waals surface area contributed by atoms with Crippen molar-refractivity contribution in [3.05, 3.63) is 59.3 Å². The summed E-state index contributed by atoms with van der Waals surface area (Å²) in [5.41, 5.74) is 4.79. The zero-order valence-electron chi connectivity index (χ0n) is 16.5. The summed E-state index contributed by atoms with van der Waals surface area (Å²) in [7, 11) is 0. The summed E-state index contributed by atoms with van der Waals surface area (Å²) in [5, 5.41) is 12.0. The van der Waals surface area contributed by atoms with Crippen LogP contribution in [0.3, 0.4) is 0 Å². The van der Waals surface area contributed by atoms with Gasteiger partial charge in [-0.05, 0) is 43.7 Å². The summed E-state index contributed by atoms with van der Waals surface area (Å²) in [6.07, 6.45) is 1.29. The first kappa shape index (κ1) is 18.7. The molecule has 0 atom stereocenters. The number of aryl methyl sites for hydroxylation is 2. The van der Waals surface area contributed by atoms with Gasteiger partial charge in [-0.3, -0.25) is 0 Å². The smallest absolute Gasteiger partial charge is 0.350 e. The van der Waals surface area contributed by atoms with Crippen molar-refractivity contribution >= 4 is 28.7 Å². The van der Waals surface area contributed by atoms with E-state index in [0.717, 1.165) is 22.3 Å². The Hall–Kier alpha value is -3.68. The van der Waals surface area contributed by atoms with Gasteiger partial charge in [0.15, 0.2) is 5.57 Å². The molecule has 0 radical (unpaired) electrons. The van der Waals surface area contributed by atoms with E-state index in [2.05, 4.69) is 15.5 Å². The molecule has 8 nitrogen and oxygen atoms in total. The molecule has 3 aromatic rings. The minimum absolute atomic E-state index is 0.202. The van der Waals surface area contributed by atoms with Crippen LogP contribution in [-0.4, -0.2) is 32.7 Å². The Morgan fingerprint density at radius 1 is 0.966 bits per heavy atom. The van der Waals surface area contributed by atoms with Gasteiger partial charge in [-0.15, -0.1) is 10.2 Å². The highest BCUT2D eigenvalue weighted by molar-refractivity contribution is 6.15. The number of carbonyl (C=O) groups excluding carboxylic acids is 2. The van der Waals surface area contributed by atoms with Gasteiger partial charge in [0.2, 0.25) is 0 Å². The fourth-order valence-electron chi connectivity index (χ4n) is 2.95. The number of fused-ring (bicyclic) bond motifs is 1. The fraction of sp³-hybridized carbons (Fsp3) is 0.238. The first-order chi connectivity index (χ1) is 13.7. The third-order valence-electron chi connectivity index (χ3n) is 4.48. The lowest BCUT2D eigenvalue weighted by molar-refractivity contribution is -0.222. The lowest BCUT2D eigenvalue weighted by Crippen LogP contribution is -2.42. The molecule has 0 bridgehead atoms. The maximum atomic E-state index is 12.1. The van der Waals surface area contributed by atoms with Crippen molar-refractivity contribution in [1.29, 1.82) is 0 Å². The van der Waals surface area contributed by atoms with E-state index in [1.54, 1.807) is 4.80 Å². The zero-order valence-corrected chi connectivity index (χ0v) is 16.5. The second kappa shape index (κ2) is 6.73. The van der Waals surface area contributed by atoms with Gasteiger partial charge >= 0.3 is 11.9 Å². The van der Waals surface area contributed by atoms with Gasteiger partial charge in [-0.2, -0.15) is 4.80 Å². The fourth-order valence-corrected chi connectivity index (χ4v) is 2.95. The maximum Gasteiger partial charge on any atom is 0.350 e. The SMILES string of the molecule is Cc1ccc(-n2nc3cc(C)c(NC=C4C(=O)OC(C)(C)OC4=O)cc3n2)cc1. The monoisotopic (exact) mass is 392 g/mol. The second-order valence-corrected chi connectivity index (χ2v) is 7.36. The lowest BCUT2D eigenvalue weighted by Gasteiger charge is -2.29. The van der Waals surface area contributed by atoms with Crippen LogP contribution in [0, 0.1) is 13.8 Å². The van der Waals surface area contributed by atoms with E-state index >= 15 is 0 Å². The summed E-state index contributed by atoms with van der Waals surface area (Å²) in [6, 6.07) is 11.6. The van der Waals surface area contributed by atoms with Crippen LogP contribution in [0.1, 0.15) is 25.0 Å². The Labute approximate surface area is 167 Å². The van der Waals surface area contributed by atoms with E-state index < -0.39 is 17.7 Å². The van der Waals surface area contributed by atoms with Gasteiger partial charge < -0.3 is 14.8 Å². The van der Waals surface area contributed by atoms with E-state index in [1.807, 2.05) is 50.2 Å². The van der Waals surface area contributed by atoms with Gasteiger partial charge in [0, 0.05) is 25.7 Å². The average Bonchev–Trinajstić information content (AvgIpc) is 3.03. The van der Waals surface area contributed by atoms with E-state index in [4.69, 9.17) is 9.47 Å². The number of ether oxygens (including phenoxy) is 2. The van der Waals surface area contributed by atoms with Gasteiger partial charge in [-0.25, -0.2) is 9.59 Å². The van der Waals surface area contributed by atoms with Crippen molar-refractivity contribution in [3.8, 4) is 5.69 Å². The summed E-state index contributed by atoms with van der Waals surface area (Å²) in [5.74, 6) is -2.74. The highest BCUT2D eigenvalue weighted by Gasteiger charge is 2.38. The van der Waals surface area contributed by atoms with Crippen LogP contribution in [0.15, 0.2) is 48.2 Å². The van der Waals surface area contributed by atoms with Crippen LogP contribution in [0.5, 0.6) is 0 Å². The Morgan fingerprint density at radius 2 is 1.55 bits per heavy atom. The van der Waals surface area contributed by atoms with Crippen LogP contribution in [0.4, 0.5) is 5.69 Å². The molecule has 0 saturated carbocycles. The number of nitrogens with one attached hydrogen (secondary N) is 1. The summed E-state index contributed by atoms with van der Waals surface area (Å²) in [4.78, 5) is 25.7. The Kier molecular flexibility index (Phi) is 4.34. The molecule has 1 saturated heterocycles. The van der Waals surface area contributed by atoms with Gasteiger partial charge in [-0.1, -0.05) is 17.7 Å². The Bertz CT molecular complexity index is 1140. The Balaban J connectivity index is 1.63. The predicted molar refractivity (Wildman–Crippen MR) is 106 cm³/mol. The molecule has 2 heterocycles. The van der Waals surface area contributed by atoms with Crippen LogP contribution < -0.4 is 5.32 Å². The quantitative estimate of drug-likeness (QED) is 0.415. The molecule has 1 aliphatic rings. The van der Waals surface area contributed by atoms with Gasteiger partial charge in [0.1, 0.15) is 11.0 Å². The minimum Gasteiger partial charge on any atom is -0.419 e. The number of hydrogen-bond acceptors (Lipinski definition) is 7. The first-order valence-electron chi connectivity index (χ1n) is 9.10. The van der Waals surface area contributed by atoms with Crippen molar-refractivity contribution in [1.82, 2.24) is 15.0 Å². The predicted octanol–water partition coefficient (Wildman–Crippen LogP) is 3.17. The zero-order chi connectivity index (χ0) is 20.8. The van der Waals surface area contributed by atoms with Crippen molar-refractivity contribution < 1.29 is 19.1 Å². The number of anilines is 1. The van der Waals surface area contributed by atoms with E-state index in [9.17, 15) is 9.59 Å². The molecule has 1 fully saturated rings. The van der Waals surface area contributed by atoms with Crippen molar-refractivity contribution in [3.63, 3.8) is 0 Å². The van der Waals surface area contributed by atoms with Crippen molar-refractivity contribution in [2.24, 2.45) is 0 Å². The summed E-state index contributed by atoms with van der Waals surface area (Å²) >= 11 is 0. The van der Waals surface area contributed by atoms with Crippen molar-refractivity contribution in [2.75, 3.05) is 5.32 Å². The van der Waals surface area contributed by atoms with Crippen LogP contribution in [0.2, 0.25) is 0 Å². The maximum absolute atomic E-state index is 12.1. The molecule has 0 amide bonds. The molecule has 1 aliphatic heterocycles. The number of cyclic esters (lactones) is 2. The summed E-state index contributed by atoms with van der Waals surface area (Å²) in [6.45, 7) is 6.92. The number of esters is 2. The molecule has 2 aromatic carbocycles. The average molecular weight is 392 g/mol. The molecular formula is C21H20N4O4. The molecule has 29 heavy (non-hydrogen) atoms. The number of carbonyl (C=O) groups is 2. The Morgan fingerprint density at radius 3 is 2.17 bits per heavy atom. The number of rotatable bonds is 3. The van der Waals surface area contributed by atoms with Crippen LogP contribution in [-0.2, 0) is 19.1 Å². The molecule has 0 aliphatic carbocycles. The van der Waals surface area contributed by atoms with Gasteiger partial charge in [0.05, 0.1) is 5.69 Å². The molecule has 4 rings (SSSR count). The molecule has 0 spiro atoms. The summed E-state index contributed by atoms with van der Waals surface area (Å²) < 4.78 is 10.2. The molecule has 1 aromatic heterocycles. The molecule has 8 heteroatoms. The van der Waals surface area contributed by atoms with E-state index in [1.165, 1.54) is 20.0 Å². The third-order valence-corrected chi connectivity index (χ3v) is 4.48. The lowest BCUT2D eigenvalue weighted by atomic mass is 10.1. The van der Waals surface area contributed by atoms with Gasteiger partial charge in [0.25, 0.3) is 5.79 Å². The standard InChI is InChI=1S/C21H20N4O4/c1-12-5-7-14(8-6-12)25-23-17-9-13(2)16(10-18(17)24-25)22-11-15-19(26)28-21(3,4)29-20(15)27/h5-11,22H,1-4H3. The first-order valence-corrected chi connectivity index (χ1v) is 9.10. The van der Waals surface area contributed by atoms with Crippen LogP contribution in [0.25, 0.3) is 16.7 Å². The van der Waals surface area contributed by atoms with Crippen LogP contribution >= 0.6 is 0 Å². The molecule has 148 valence electrons. The highest BCUT2D eigenvalue weighted by atomic mass is 16.7. The topological polar surface area (TPSA) is 95.3 Å². The minimum atomic E-state index is -1.27. The van der Waals surface area contributed by atoms with E-state index in [0.29, 0.717) is 11.2 Å². The number of hydrogen-bond donors (Lipinski definition) is 1. The molecular weight excluding hydrogens is 372 g/mol. The highest BCUT2D eigenvalue weighted by Crippen LogP contribution is 2.25. The molecule has 1 N–H and O–H groups in total.